The minimum atomic E-state index is -1.45. The fourth-order valence-electron chi connectivity index (χ4n) is 1.28. The molecule has 15 heavy (non-hydrogen) atoms. The summed E-state index contributed by atoms with van der Waals surface area (Å²) in [6.45, 7) is 3.13. The van der Waals surface area contributed by atoms with Crippen LogP contribution in [0.4, 0.5) is 0 Å². The van der Waals surface area contributed by atoms with E-state index in [0.29, 0.717) is 11.1 Å². The van der Waals surface area contributed by atoms with Crippen molar-refractivity contribution < 1.29 is 24.9 Å². The molecule has 0 saturated carbocycles. The highest BCUT2D eigenvalue weighted by Crippen LogP contribution is 2.28. The third-order valence-electron chi connectivity index (χ3n) is 2.26. The Morgan fingerprint density at radius 2 is 1.67 bits per heavy atom. The number of carboxylic acids is 2. The van der Waals surface area contributed by atoms with Crippen molar-refractivity contribution in [2.45, 2.75) is 13.8 Å². The van der Waals surface area contributed by atoms with E-state index in [0.717, 1.165) is 0 Å². The number of rotatable bonds is 2. The van der Waals surface area contributed by atoms with Gasteiger partial charge in [-0.3, -0.25) is 0 Å². The zero-order chi connectivity index (χ0) is 11.7. The first kappa shape index (κ1) is 11.0. The van der Waals surface area contributed by atoms with Crippen molar-refractivity contribution >= 4 is 11.9 Å². The quantitative estimate of drug-likeness (QED) is 0.685. The first-order chi connectivity index (χ1) is 6.86. The lowest BCUT2D eigenvalue weighted by Crippen LogP contribution is -2.10. The van der Waals surface area contributed by atoms with Gasteiger partial charge in [0.25, 0.3) is 0 Å². The van der Waals surface area contributed by atoms with Crippen LogP contribution in [0, 0.1) is 13.8 Å². The molecule has 0 aliphatic carbocycles. The zero-order valence-electron chi connectivity index (χ0n) is 8.24. The first-order valence-electron chi connectivity index (χ1n) is 4.16. The first-order valence-corrected chi connectivity index (χ1v) is 4.16. The lowest BCUT2D eigenvalue weighted by molar-refractivity contribution is 0.0648. The molecule has 0 fully saturated rings. The summed E-state index contributed by atoms with van der Waals surface area (Å²) in [5.74, 6) is -3.31. The van der Waals surface area contributed by atoms with E-state index in [1.165, 1.54) is 13.0 Å². The van der Waals surface area contributed by atoms with E-state index in [4.69, 9.17) is 10.2 Å². The summed E-state index contributed by atoms with van der Waals surface area (Å²) in [7, 11) is 0. The van der Waals surface area contributed by atoms with Crippen LogP contribution < -0.4 is 0 Å². The molecule has 0 bridgehead atoms. The van der Waals surface area contributed by atoms with Gasteiger partial charge in [-0.05, 0) is 31.0 Å². The van der Waals surface area contributed by atoms with Crippen LogP contribution in [0.5, 0.6) is 5.75 Å². The number of hydrogen-bond donors (Lipinski definition) is 3. The maximum Gasteiger partial charge on any atom is 0.340 e. The summed E-state index contributed by atoms with van der Waals surface area (Å²) in [5, 5.41) is 27.1. The molecular weight excluding hydrogens is 200 g/mol. The number of carbonyl (C=O) groups is 2. The lowest BCUT2D eigenvalue weighted by atomic mass is 9.98. The standard InChI is InChI=1S/C10H10O5/c1-4-3-6(9(12)13)7(10(14)15)8(11)5(4)2/h3,11H,1-2H3,(H,12,13)(H,14,15). The average molecular weight is 210 g/mol. The van der Waals surface area contributed by atoms with Crippen molar-refractivity contribution in [2.75, 3.05) is 0 Å². The Hall–Kier alpha value is -2.04. The molecule has 0 aliphatic rings. The highest BCUT2D eigenvalue weighted by molar-refractivity contribution is 6.04. The minimum absolute atomic E-state index is 0.373. The Bertz CT molecular complexity index is 448. The molecule has 1 rings (SSSR count). The summed E-state index contributed by atoms with van der Waals surface area (Å²) < 4.78 is 0. The van der Waals surface area contributed by atoms with E-state index in [-0.39, 0.29) is 0 Å². The van der Waals surface area contributed by atoms with Crippen molar-refractivity contribution in [2.24, 2.45) is 0 Å². The fraction of sp³-hybridized carbons (Fsp3) is 0.200. The van der Waals surface area contributed by atoms with Gasteiger partial charge in [0.15, 0.2) is 0 Å². The lowest BCUT2D eigenvalue weighted by Gasteiger charge is -2.09. The van der Waals surface area contributed by atoms with E-state index in [1.54, 1.807) is 6.92 Å². The van der Waals surface area contributed by atoms with Gasteiger partial charge in [-0.15, -0.1) is 0 Å². The maximum absolute atomic E-state index is 10.8. The number of hydrogen-bond acceptors (Lipinski definition) is 3. The molecular formula is C10H10O5. The Labute approximate surface area is 85.6 Å². The number of phenols is 1. The second kappa shape index (κ2) is 3.61. The third kappa shape index (κ3) is 1.76. The molecule has 5 heteroatoms. The zero-order valence-corrected chi connectivity index (χ0v) is 8.24. The van der Waals surface area contributed by atoms with Crippen LogP contribution in [0.25, 0.3) is 0 Å². The Morgan fingerprint density at radius 3 is 2.07 bits per heavy atom. The molecule has 0 spiro atoms. The molecule has 1 aromatic carbocycles. The minimum Gasteiger partial charge on any atom is -0.507 e. The second-order valence-electron chi connectivity index (χ2n) is 3.20. The molecule has 0 atom stereocenters. The Balaban J connectivity index is 3.65. The van der Waals surface area contributed by atoms with Gasteiger partial charge in [0.2, 0.25) is 0 Å². The normalized spacial score (nSPS) is 10.0. The highest BCUT2D eigenvalue weighted by Gasteiger charge is 2.22. The van der Waals surface area contributed by atoms with Gasteiger partial charge >= 0.3 is 11.9 Å². The van der Waals surface area contributed by atoms with Gasteiger partial charge in [0, 0.05) is 0 Å². The number of aryl methyl sites for hydroxylation is 1. The summed E-state index contributed by atoms with van der Waals surface area (Å²) in [6.07, 6.45) is 0. The predicted molar refractivity (Wildman–Crippen MR) is 51.5 cm³/mol. The molecule has 0 aromatic heterocycles. The highest BCUT2D eigenvalue weighted by atomic mass is 16.4. The largest absolute Gasteiger partial charge is 0.507 e. The number of aromatic hydroxyl groups is 1. The molecule has 0 radical (unpaired) electrons. The summed E-state index contributed by atoms with van der Waals surface area (Å²) in [4.78, 5) is 21.6. The molecule has 3 N–H and O–H groups in total. The SMILES string of the molecule is Cc1cc(C(=O)O)c(C(=O)O)c(O)c1C. The van der Waals surface area contributed by atoms with Crippen LogP contribution in [0.2, 0.25) is 0 Å². The fourth-order valence-corrected chi connectivity index (χ4v) is 1.28. The van der Waals surface area contributed by atoms with Gasteiger partial charge in [0.1, 0.15) is 11.3 Å². The van der Waals surface area contributed by atoms with Crippen molar-refractivity contribution in [3.05, 3.63) is 28.3 Å². The van der Waals surface area contributed by atoms with Gasteiger partial charge < -0.3 is 15.3 Å². The number of benzene rings is 1. The van der Waals surface area contributed by atoms with Gasteiger partial charge in [-0.25, -0.2) is 9.59 Å². The number of aromatic carboxylic acids is 2. The predicted octanol–water partition coefficient (Wildman–Crippen LogP) is 1.41. The van der Waals surface area contributed by atoms with Crippen LogP contribution in [0.1, 0.15) is 31.8 Å². The summed E-state index contributed by atoms with van der Waals surface area (Å²) >= 11 is 0. The van der Waals surface area contributed by atoms with Crippen molar-refractivity contribution in [3.63, 3.8) is 0 Å². The average Bonchev–Trinajstić information content (AvgIpc) is 2.12. The van der Waals surface area contributed by atoms with E-state index in [9.17, 15) is 14.7 Å². The van der Waals surface area contributed by atoms with E-state index in [2.05, 4.69) is 0 Å². The summed E-state index contributed by atoms with van der Waals surface area (Å²) in [6, 6.07) is 1.24. The van der Waals surface area contributed by atoms with Crippen LogP contribution in [0.15, 0.2) is 6.07 Å². The topological polar surface area (TPSA) is 94.8 Å². The van der Waals surface area contributed by atoms with Gasteiger partial charge in [-0.2, -0.15) is 0 Å². The van der Waals surface area contributed by atoms with Gasteiger partial charge in [0.05, 0.1) is 5.56 Å². The molecule has 0 aliphatic heterocycles. The number of carboxylic acid groups (broad SMARTS) is 2. The molecule has 0 amide bonds. The molecule has 0 unspecified atom stereocenters. The van der Waals surface area contributed by atoms with Crippen molar-refractivity contribution in [1.82, 2.24) is 0 Å². The van der Waals surface area contributed by atoms with Crippen molar-refractivity contribution in [3.8, 4) is 5.75 Å². The van der Waals surface area contributed by atoms with E-state index >= 15 is 0 Å². The molecule has 0 saturated heterocycles. The monoisotopic (exact) mass is 210 g/mol. The third-order valence-corrected chi connectivity index (χ3v) is 2.26. The molecule has 80 valence electrons. The molecule has 0 heterocycles. The van der Waals surface area contributed by atoms with Crippen molar-refractivity contribution in [1.29, 1.82) is 0 Å². The smallest absolute Gasteiger partial charge is 0.340 e. The van der Waals surface area contributed by atoms with E-state index < -0.39 is 28.8 Å². The van der Waals surface area contributed by atoms with Crippen LogP contribution in [-0.4, -0.2) is 27.3 Å². The summed E-state index contributed by atoms with van der Waals surface area (Å²) in [5.41, 5.74) is -0.0546. The Kier molecular flexibility index (Phi) is 2.65. The molecule has 1 aromatic rings. The van der Waals surface area contributed by atoms with Crippen LogP contribution in [-0.2, 0) is 0 Å². The second-order valence-corrected chi connectivity index (χ2v) is 3.20. The maximum atomic E-state index is 10.8. The van der Waals surface area contributed by atoms with Gasteiger partial charge in [-0.1, -0.05) is 0 Å². The van der Waals surface area contributed by atoms with Crippen LogP contribution >= 0.6 is 0 Å². The van der Waals surface area contributed by atoms with Crippen LogP contribution in [0.3, 0.4) is 0 Å². The van der Waals surface area contributed by atoms with E-state index in [1.807, 2.05) is 0 Å². The molecule has 5 nitrogen and oxygen atoms in total. The Morgan fingerprint density at radius 1 is 1.13 bits per heavy atom.